The van der Waals surface area contributed by atoms with Crippen molar-refractivity contribution in [2.45, 2.75) is 12.0 Å². The van der Waals surface area contributed by atoms with Gasteiger partial charge in [-0.25, -0.2) is 9.78 Å². The van der Waals surface area contributed by atoms with Crippen LogP contribution in [0.25, 0.3) is 10.2 Å². The molecule has 2 aromatic carbocycles. The Bertz CT molecular complexity index is 1130. The van der Waals surface area contributed by atoms with Crippen LogP contribution < -0.4 is 15.4 Å². The molecule has 3 heterocycles. The molecule has 8 nitrogen and oxygen atoms in total. The first-order chi connectivity index (χ1) is 14.1. The summed E-state index contributed by atoms with van der Waals surface area (Å²) in [5.74, 6) is -0.365. The van der Waals surface area contributed by atoms with E-state index in [9.17, 15) is 14.4 Å². The predicted octanol–water partition coefficient (Wildman–Crippen LogP) is 2.46. The maximum atomic E-state index is 13.2. The summed E-state index contributed by atoms with van der Waals surface area (Å²) < 4.78 is 6.55. The number of aromatic nitrogens is 1. The van der Waals surface area contributed by atoms with E-state index in [4.69, 9.17) is 4.74 Å². The number of hydrogen-bond acceptors (Lipinski definition) is 6. The lowest BCUT2D eigenvalue weighted by Gasteiger charge is -2.33. The van der Waals surface area contributed by atoms with Crippen molar-refractivity contribution in [3.8, 4) is 5.75 Å². The first kappa shape index (κ1) is 17.6. The molecule has 1 saturated heterocycles. The predicted molar refractivity (Wildman–Crippen MR) is 107 cm³/mol. The van der Waals surface area contributed by atoms with Crippen LogP contribution in [0.2, 0.25) is 0 Å². The van der Waals surface area contributed by atoms with Crippen LogP contribution in [0.3, 0.4) is 0 Å². The third-order valence-electron chi connectivity index (χ3n) is 5.10. The molecule has 2 N–H and O–H groups in total. The van der Waals surface area contributed by atoms with Gasteiger partial charge in [-0.2, -0.15) is 0 Å². The molecule has 3 aromatic rings. The highest BCUT2D eigenvalue weighted by Gasteiger charge is 2.55. The molecule has 2 aliphatic rings. The number of nitrogens with zero attached hydrogens (tertiary/aromatic N) is 2. The average molecular weight is 408 g/mol. The number of ether oxygens (including phenoxy) is 1. The fourth-order valence-corrected chi connectivity index (χ4v) is 4.63. The number of hydrogen-bond donors (Lipinski definition) is 2. The number of imide groups is 1. The molecule has 2 aliphatic heterocycles. The summed E-state index contributed by atoms with van der Waals surface area (Å²) >= 11 is 1.33. The number of benzene rings is 2. The number of anilines is 1. The molecule has 0 radical (unpaired) electrons. The Hall–Kier alpha value is -3.46. The van der Waals surface area contributed by atoms with E-state index in [1.807, 2.05) is 30.3 Å². The lowest BCUT2D eigenvalue weighted by atomic mass is 9.84. The third-order valence-corrected chi connectivity index (χ3v) is 6.05. The van der Waals surface area contributed by atoms with Crippen LogP contribution in [-0.2, 0) is 15.1 Å². The molecular formula is C20H16N4O4S. The standard InChI is InChI=1S/C20H16N4O4S/c25-16(22-18-21-13-6-2-4-8-15(13)29-18)11-24-17(26)20(23-19(24)27)9-10-28-14-7-3-1-5-12(14)20/h1-8H,9-11H2,(H,23,27)(H,21,22,25)/t20-/m0/s1. The Kier molecular flexibility index (Phi) is 3.99. The second-order valence-corrected chi connectivity index (χ2v) is 7.89. The first-order valence-corrected chi connectivity index (χ1v) is 9.90. The van der Waals surface area contributed by atoms with Crippen molar-refractivity contribution in [2.75, 3.05) is 18.5 Å². The molecule has 4 amide bonds. The Morgan fingerprint density at radius 1 is 1.21 bits per heavy atom. The van der Waals surface area contributed by atoms with E-state index in [2.05, 4.69) is 15.6 Å². The van der Waals surface area contributed by atoms with Crippen LogP contribution in [0, 0.1) is 0 Å². The van der Waals surface area contributed by atoms with Crippen molar-refractivity contribution >= 4 is 44.5 Å². The second kappa shape index (κ2) is 6.56. The maximum Gasteiger partial charge on any atom is 0.325 e. The molecule has 0 bridgehead atoms. The monoisotopic (exact) mass is 408 g/mol. The molecule has 0 saturated carbocycles. The summed E-state index contributed by atoms with van der Waals surface area (Å²) in [5.41, 5.74) is 0.196. The number of carbonyl (C=O) groups excluding carboxylic acids is 3. The van der Waals surface area contributed by atoms with Gasteiger partial charge in [0.2, 0.25) is 5.91 Å². The summed E-state index contributed by atoms with van der Waals surface area (Å²) in [4.78, 5) is 43.5. The van der Waals surface area contributed by atoms with Gasteiger partial charge >= 0.3 is 6.03 Å². The summed E-state index contributed by atoms with van der Waals surface area (Å²) in [6.45, 7) is -0.0832. The van der Waals surface area contributed by atoms with Crippen molar-refractivity contribution < 1.29 is 19.1 Å². The summed E-state index contributed by atoms with van der Waals surface area (Å²) in [7, 11) is 0. The summed E-state index contributed by atoms with van der Waals surface area (Å²) in [6, 6.07) is 14.1. The Morgan fingerprint density at radius 3 is 2.86 bits per heavy atom. The summed E-state index contributed by atoms with van der Waals surface area (Å²) in [5, 5.41) is 5.89. The van der Waals surface area contributed by atoms with Crippen molar-refractivity contribution in [1.29, 1.82) is 0 Å². The molecule has 9 heteroatoms. The molecular weight excluding hydrogens is 392 g/mol. The fourth-order valence-electron chi connectivity index (χ4n) is 3.74. The molecule has 5 rings (SSSR count). The van der Waals surface area contributed by atoms with Crippen LogP contribution in [0.5, 0.6) is 5.75 Å². The zero-order chi connectivity index (χ0) is 20.0. The average Bonchev–Trinajstić information content (AvgIpc) is 3.22. The fraction of sp³-hybridized carbons (Fsp3) is 0.200. The zero-order valence-electron chi connectivity index (χ0n) is 15.2. The summed E-state index contributed by atoms with van der Waals surface area (Å²) in [6.07, 6.45) is 0.310. The molecule has 146 valence electrons. The minimum Gasteiger partial charge on any atom is -0.493 e. The zero-order valence-corrected chi connectivity index (χ0v) is 16.0. The van der Waals surface area contributed by atoms with Gasteiger partial charge in [0.15, 0.2) is 10.7 Å². The van der Waals surface area contributed by atoms with Crippen LogP contribution in [0.1, 0.15) is 12.0 Å². The molecule has 1 atom stereocenters. The first-order valence-electron chi connectivity index (χ1n) is 9.09. The van der Waals surface area contributed by atoms with E-state index in [1.54, 1.807) is 18.2 Å². The minimum atomic E-state index is -1.19. The lowest BCUT2D eigenvalue weighted by molar-refractivity contribution is -0.135. The van der Waals surface area contributed by atoms with E-state index < -0.39 is 23.4 Å². The highest BCUT2D eigenvalue weighted by atomic mass is 32.1. The number of carbonyl (C=O) groups is 3. The number of para-hydroxylation sites is 2. The van der Waals surface area contributed by atoms with Crippen molar-refractivity contribution in [3.05, 3.63) is 54.1 Å². The van der Waals surface area contributed by atoms with Crippen LogP contribution in [0.15, 0.2) is 48.5 Å². The molecule has 0 unspecified atom stereocenters. The number of fused-ring (bicyclic) bond motifs is 3. The number of amides is 4. The molecule has 29 heavy (non-hydrogen) atoms. The van der Waals surface area contributed by atoms with E-state index in [-0.39, 0.29) is 6.54 Å². The minimum absolute atomic E-state index is 0.300. The van der Waals surface area contributed by atoms with E-state index >= 15 is 0 Å². The van der Waals surface area contributed by atoms with Gasteiger partial charge in [-0.15, -0.1) is 0 Å². The molecule has 1 aromatic heterocycles. The Morgan fingerprint density at radius 2 is 2.00 bits per heavy atom. The number of thiazole rings is 1. The Labute approximate surface area is 169 Å². The van der Waals surface area contributed by atoms with Crippen LogP contribution in [0.4, 0.5) is 9.93 Å². The van der Waals surface area contributed by atoms with Gasteiger partial charge < -0.3 is 15.4 Å². The molecule has 1 fully saturated rings. The van der Waals surface area contributed by atoms with E-state index in [0.717, 1.165) is 15.1 Å². The number of rotatable bonds is 3. The van der Waals surface area contributed by atoms with Crippen LogP contribution >= 0.6 is 11.3 Å². The maximum absolute atomic E-state index is 13.2. The highest BCUT2D eigenvalue weighted by molar-refractivity contribution is 7.22. The van der Waals surface area contributed by atoms with Crippen molar-refractivity contribution in [3.63, 3.8) is 0 Å². The normalized spacial score (nSPS) is 20.5. The number of urea groups is 1. The largest absolute Gasteiger partial charge is 0.493 e. The van der Waals surface area contributed by atoms with Crippen LogP contribution in [-0.4, -0.2) is 40.9 Å². The number of nitrogens with one attached hydrogen (secondary N) is 2. The van der Waals surface area contributed by atoms with Gasteiger partial charge in [-0.1, -0.05) is 41.7 Å². The molecule has 0 aliphatic carbocycles. The SMILES string of the molecule is O=C(CN1C(=O)N[C@]2(CCOc3ccccc32)C1=O)Nc1nc2ccccc2s1. The van der Waals surface area contributed by atoms with Gasteiger partial charge in [0, 0.05) is 12.0 Å². The highest BCUT2D eigenvalue weighted by Crippen LogP contribution is 2.40. The van der Waals surface area contributed by atoms with Gasteiger partial charge in [0.1, 0.15) is 12.3 Å². The quantitative estimate of drug-likeness (QED) is 0.649. The van der Waals surface area contributed by atoms with Gasteiger partial charge in [-0.3, -0.25) is 14.5 Å². The second-order valence-electron chi connectivity index (χ2n) is 6.86. The molecule has 1 spiro atoms. The third kappa shape index (κ3) is 2.82. The van der Waals surface area contributed by atoms with Crippen molar-refractivity contribution in [1.82, 2.24) is 15.2 Å². The van der Waals surface area contributed by atoms with Gasteiger partial charge in [0.25, 0.3) is 5.91 Å². The van der Waals surface area contributed by atoms with Gasteiger partial charge in [0.05, 0.1) is 16.8 Å². The Balaban J connectivity index is 1.36. The van der Waals surface area contributed by atoms with E-state index in [0.29, 0.717) is 29.5 Å². The van der Waals surface area contributed by atoms with Gasteiger partial charge in [-0.05, 0) is 18.2 Å². The topological polar surface area (TPSA) is 101 Å². The lowest BCUT2D eigenvalue weighted by Crippen LogP contribution is -2.48. The smallest absolute Gasteiger partial charge is 0.325 e. The van der Waals surface area contributed by atoms with Crippen molar-refractivity contribution in [2.24, 2.45) is 0 Å². The van der Waals surface area contributed by atoms with E-state index in [1.165, 1.54) is 11.3 Å².